The number of rotatable bonds is 3. The van der Waals surface area contributed by atoms with E-state index in [9.17, 15) is 4.79 Å². The molecule has 0 spiro atoms. The van der Waals surface area contributed by atoms with Gasteiger partial charge in [-0.15, -0.1) is 0 Å². The van der Waals surface area contributed by atoms with E-state index in [1.165, 1.54) is 17.1 Å². The number of hydrogen-bond donors (Lipinski definition) is 0. The van der Waals surface area contributed by atoms with E-state index in [2.05, 4.69) is 12.1 Å². The molecule has 102 valence electrons. The van der Waals surface area contributed by atoms with E-state index < -0.39 is 0 Å². The Morgan fingerprint density at radius 3 is 2.50 bits per heavy atom. The molecule has 1 unspecified atom stereocenters. The number of carbonyl (C=O) groups is 1. The van der Waals surface area contributed by atoms with Gasteiger partial charge in [0.05, 0.1) is 0 Å². The number of hydrogen-bond acceptors (Lipinski definition) is 3. The highest BCUT2D eigenvalue weighted by Gasteiger charge is 2.18. The Bertz CT molecular complexity index is 589. The van der Waals surface area contributed by atoms with Gasteiger partial charge in [0.2, 0.25) is 0 Å². The van der Waals surface area contributed by atoms with Crippen LogP contribution in [0.4, 0.5) is 0 Å². The van der Waals surface area contributed by atoms with Crippen molar-refractivity contribution in [2.75, 3.05) is 17.3 Å². The van der Waals surface area contributed by atoms with Crippen LogP contribution < -0.4 is 0 Å². The van der Waals surface area contributed by atoms with Crippen molar-refractivity contribution in [3.63, 3.8) is 0 Å². The molecule has 1 aliphatic heterocycles. The van der Waals surface area contributed by atoms with Crippen LogP contribution in [0.15, 0.2) is 54.6 Å². The lowest BCUT2D eigenvalue weighted by molar-refractivity contribution is 0.103. The van der Waals surface area contributed by atoms with Crippen molar-refractivity contribution >= 4 is 29.3 Å². The third-order valence-corrected chi connectivity index (χ3v) is 6.18. The van der Waals surface area contributed by atoms with Gasteiger partial charge in [-0.1, -0.05) is 48.5 Å². The zero-order valence-electron chi connectivity index (χ0n) is 11.1. The van der Waals surface area contributed by atoms with Gasteiger partial charge in [0.25, 0.3) is 0 Å². The summed E-state index contributed by atoms with van der Waals surface area (Å²) in [6, 6.07) is 17.6. The van der Waals surface area contributed by atoms with E-state index in [0.29, 0.717) is 5.25 Å². The molecule has 0 N–H and O–H groups in total. The minimum absolute atomic E-state index is 0.112. The lowest BCUT2D eigenvalue weighted by Crippen LogP contribution is -2.08. The monoisotopic (exact) mass is 300 g/mol. The second kappa shape index (κ2) is 6.51. The van der Waals surface area contributed by atoms with Gasteiger partial charge in [-0.05, 0) is 11.6 Å². The largest absolute Gasteiger partial charge is 0.289 e. The predicted octanol–water partition coefficient (Wildman–Crippen LogP) is 4.44. The lowest BCUT2D eigenvalue weighted by Gasteiger charge is -2.21. The zero-order valence-corrected chi connectivity index (χ0v) is 12.8. The van der Waals surface area contributed by atoms with Crippen LogP contribution in [0.5, 0.6) is 0 Å². The number of thioether (sulfide) groups is 2. The Morgan fingerprint density at radius 2 is 1.75 bits per heavy atom. The molecule has 1 aliphatic rings. The molecule has 0 bridgehead atoms. The van der Waals surface area contributed by atoms with Crippen molar-refractivity contribution in [1.82, 2.24) is 0 Å². The zero-order chi connectivity index (χ0) is 13.8. The molecule has 0 amide bonds. The minimum Gasteiger partial charge on any atom is -0.289 e. The number of ketones is 1. The van der Waals surface area contributed by atoms with Gasteiger partial charge >= 0.3 is 0 Å². The molecular weight excluding hydrogens is 284 g/mol. The molecule has 3 rings (SSSR count). The first-order chi connectivity index (χ1) is 9.84. The van der Waals surface area contributed by atoms with E-state index in [1.54, 1.807) is 0 Å². The molecule has 1 saturated heterocycles. The summed E-state index contributed by atoms with van der Waals surface area (Å²) in [6.45, 7) is 0. The summed E-state index contributed by atoms with van der Waals surface area (Å²) in [5.74, 6) is 3.70. The maximum absolute atomic E-state index is 12.5. The van der Waals surface area contributed by atoms with E-state index in [1.807, 2.05) is 66.0 Å². The van der Waals surface area contributed by atoms with Crippen LogP contribution in [0.3, 0.4) is 0 Å². The first-order valence-corrected chi connectivity index (χ1v) is 8.94. The van der Waals surface area contributed by atoms with Gasteiger partial charge in [-0.25, -0.2) is 0 Å². The summed E-state index contributed by atoms with van der Waals surface area (Å²) in [5.41, 5.74) is 2.84. The summed E-state index contributed by atoms with van der Waals surface area (Å²) in [4.78, 5) is 12.5. The lowest BCUT2D eigenvalue weighted by atomic mass is 10.0. The van der Waals surface area contributed by atoms with Crippen molar-refractivity contribution in [3.05, 3.63) is 71.3 Å². The Hall–Kier alpha value is -1.19. The Labute approximate surface area is 128 Å². The quantitative estimate of drug-likeness (QED) is 0.780. The molecule has 0 aliphatic carbocycles. The van der Waals surface area contributed by atoms with Crippen LogP contribution >= 0.6 is 23.5 Å². The van der Waals surface area contributed by atoms with Gasteiger partial charge < -0.3 is 0 Å². The summed E-state index contributed by atoms with van der Waals surface area (Å²) in [6.07, 6.45) is 0. The van der Waals surface area contributed by atoms with Crippen molar-refractivity contribution in [2.24, 2.45) is 0 Å². The van der Waals surface area contributed by atoms with E-state index in [0.717, 1.165) is 16.9 Å². The fourth-order valence-corrected chi connectivity index (χ4v) is 5.04. The Balaban J connectivity index is 1.85. The first kappa shape index (κ1) is 13.8. The van der Waals surface area contributed by atoms with Crippen molar-refractivity contribution in [2.45, 2.75) is 5.25 Å². The van der Waals surface area contributed by atoms with E-state index in [4.69, 9.17) is 0 Å². The number of benzene rings is 2. The average molecular weight is 300 g/mol. The molecule has 20 heavy (non-hydrogen) atoms. The van der Waals surface area contributed by atoms with Crippen LogP contribution in [0.2, 0.25) is 0 Å². The molecule has 1 fully saturated rings. The average Bonchev–Trinajstić information content (AvgIpc) is 2.56. The second-order valence-corrected chi connectivity index (χ2v) is 7.22. The minimum atomic E-state index is 0.112. The summed E-state index contributed by atoms with van der Waals surface area (Å²) >= 11 is 4.00. The molecule has 3 heteroatoms. The first-order valence-electron chi connectivity index (χ1n) is 6.73. The van der Waals surface area contributed by atoms with Crippen molar-refractivity contribution in [1.29, 1.82) is 0 Å². The molecule has 0 saturated carbocycles. The van der Waals surface area contributed by atoms with E-state index in [-0.39, 0.29) is 5.78 Å². The molecule has 0 radical (unpaired) electrons. The van der Waals surface area contributed by atoms with Gasteiger partial charge in [-0.3, -0.25) is 4.79 Å². The smallest absolute Gasteiger partial charge is 0.193 e. The summed E-state index contributed by atoms with van der Waals surface area (Å²) < 4.78 is 0. The van der Waals surface area contributed by atoms with Crippen LogP contribution in [0.1, 0.15) is 26.7 Å². The van der Waals surface area contributed by atoms with Gasteiger partial charge in [0.1, 0.15) is 0 Å². The molecular formula is C17H16OS2. The molecule has 1 heterocycles. The highest BCUT2D eigenvalue weighted by molar-refractivity contribution is 8.06. The van der Waals surface area contributed by atoms with E-state index >= 15 is 0 Å². The number of carbonyl (C=O) groups excluding carboxylic acids is 1. The summed E-state index contributed by atoms with van der Waals surface area (Å²) in [7, 11) is 0. The highest BCUT2D eigenvalue weighted by Crippen LogP contribution is 2.37. The Morgan fingerprint density at radius 1 is 0.950 bits per heavy atom. The highest BCUT2D eigenvalue weighted by atomic mass is 32.2. The standard InChI is InChI=1S/C17H16OS2/c18-17(13-5-2-1-3-6-13)15-8-4-7-14(11-15)16-12-19-9-10-20-16/h1-8,11,16H,9-10,12H2. The van der Waals surface area contributed by atoms with Crippen molar-refractivity contribution < 1.29 is 4.79 Å². The SMILES string of the molecule is O=C(c1ccccc1)c1cccc(C2CSCCS2)c1. The molecule has 1 nitrogen and oxygen atoms in total. The molecule has 2 aromatic rings. The third-order valence-electron chi connectivity index (χ3n) is 3.37. The predicted molar refractivity (Wildman–Crippen MR) is 88.8 cm³/mol. The van der Waals surface area contributed by atoms with Crippen molar-refractivity contribution in [3.8, 4) is 0 Å². The maximum Gasteiger partial charge on any atom is 0.193 e. The van der Waals surface area contributed by atoms with Gasteiger partial charge in [0.15, 0.2) is 5.78 Å². The van der Waals surface area contributed by atoms with Gasteiger partial charge in [-0.2, -0.15) is 23.5 Å². The Kier molecular flexibility index (Phi) is 4.48. The molecule has 2 aromatic carbocycles. The molecule has 1 atom stereocenters. The van der Waals surface area contributed by atoms with Gasteiger partial charge in [0, 0.05) is 33.6 Å². The van der Waals surface area contributed by atoms with Crippen LogP contribution in [-0.2, 0) is 0 Å². The molecule has 0 aromatic heterocycles. The second-order valence-electron chi connectivity index (χ2n) is 4.75. The van der Waals surface area contributed by atoms with Crippen LogP contribution in [0.25, 0.3) is 0 Å². The van der Waals surface area contributed by atoms with Crippen LogP contribution in [-0.4, -0.2) is 23.0 Å². The topological polar surface area (TPSA) is 17.1 Å². The van der Waals surface area contributed by atoms with Crippen LogP contribution in [0, 0.1) is 0 Å². The summed E-state index contributed by atoms with van der Waals surface area (Å²) in [5, 5.41) is 0.525. The third kappa shape index (κ3) is 3.10. The fraction of sp³-hybridized carbons (Fsp3) is 0.235. The normalized spacial score (nSPS) is 18.7. The maximum atomic E-state index is 12.5. The fourth-order valence-electron chi connectivity index (χ4n) is 2.32.